The number of nitrogens with zero attached hydrogens (tertiary/aromatic N) is 1. The Bertz CT molecular complexity index is 632. The number of nitrogens with one attached hydrogen (secondary N) is 3. The topological polar surface area (TPSA) is 52.7 Å². The van der Waals surface area contributed by atoms with Gasteiger partial charge < -0.3 is 0 Å². The van der Waals surface area contributed by atoms with Crippen molar-refractivity contribution in [3.05, 3.63) is 41.6 Å². The van der Waals surface area contributed by atoms with Crippen molar-refractivity contribution in [3.63, 3.8) is 0 Å². The zero-order valence-electron chi connectivity index (χ0n) is 14.6. The molecule has 0 spiro atoms. The van der Waals surface area contributed by atoms with Gasteiger partial charge >= 0.3 is 0 Å². The van der Waals surface area contributed by atoms with Crippen LogP contribution < -0.4 is 9.44 Å². The largest absolute Gasteiger partial charge is 0.282 e. The first-order valence-electron chi connectivity index (χ1n) is 9.03. The monoisotopic (exact) mass is 344 g/mol. The summed E-state index contributed by atoms with van der Waals surface area (Å²) < 4.78 is 6.89. The van der Waals surface area contributed by atoms with Crippen LogP contribution in [0.1, 0.15) is 56.2 Å². The molecule has 1 fully saturated rings. The average Bonchev–Trinajstić information content (AvgIpc) is 3.09. The maximum atomic E-state index is 4.54. The van der Waals surface area contributed by atoms with Crippen LogP contribution in [0.25, 0.3) is 11.3 Å². The van der Waals surface area contributed by atoms with Crippen molar-refractivity contribution in [3.8, 4) is 11.3 Å². The molecule has 2 aromatic rings. The van der Waals surface area contributed by atoms with Gasteiger partial charge in [-0.15, -0.1) is 0 Å². The molecule has 0 unspecified atom stereocenters. The van der Waals surface area contributed by atoms with E-state index in [1.807, 2.05) is 0 Å². The van der Waals surface area contributed by atoms with Gasteiger partial charge in [0.25, 0.3) is 0 Å². The van der Waals surface area contributed by atoms with Crippen molar-refractivity contribution < 1.29 is 0 Å². The Morgan fingerprint density at radius 2 is 2.04 bits per heavy atom. The van der Waals surface area contributed by atoms with Crippen LogP contribution in [0.3, 0.4) is 0 Å². The third-order valence-corrected chi connectivity index (χ3v) is 5.53. The SMILES string of the molecule is CCCNSNC1CCC(c2cc(-c3cccc(C)c3)n[nH]2)CC1. The Morgan fingerprint density at radius 3 is 2.79 bits per heavy atom. The summed E-state index contributed by atoms with van der Waals surface area (Å²) in [6, 6.07) is 11.4. The standard InChI is InChI=1S/C19H28N4S/c1-3-11-20-24-23-17-9-7-15(8-10-17)18-13-19(22-21-18)16-6-4-5-14(2)12-16/h4-6,12-13,15,17,20,23H,3,7-11H2,1-2H3,(H,21,22). The first-order chi connectivity index (χ1) is 11.8. The predicted octanol–water partition coefficient (Wildman–Crippen LogP) is 4.56. The first kappa shape index (κ1) is 17.5. The lowest BCUT2D eigenvalue weighted by Crippen LogP contribution is -2.30. The summed E-state index contributed by atoms with van der Waals surface area (Å²) in [5, 5.41) is 7.82. The molecule has 0 radical (unpaired) electrons. The number of rotatable bonds is 7. The van der Waals surface area contributed by atoms with Gasteiger partial charge in [-0.25, -0.2) is 4.72 Å². The van der Waals surface area contributed by atoms with Crippen molar-refractivity contribution >= 4 is 12.1 Å². The van der Waals surface area contributed by atoms with Crippen molar-refractivity contribution in [1.82, 2.24) is 19.6 Å². The van der Waals surface area contributed by atoms with Crippen LogP contribution in [0, 0.1) is 6.92 Å². The smallest absolute Gasteiger partial charge is 0.0923 e. The highest BCUT2D eigenvalue weighted by atomic mass is 32.2. The molecule has 0 saturated heterocycles. The summed E-state index contributed by atoms with van der Waals surface area (Å²) >= 11 is 1.66. The van der Waals surface area contributed by atoms with E-state index in [9.17, 15) is 0 Å². The predicted molar refractivity (Wildman–Crippen MR) is 103 cm³/mol. The average molecular weight is 345 g/mol. The van der Waals surface area contributed by atoms with E-state index in [0.29, 0.717) is 12.0 Å². The molecular formula is C19H28N4S. The normalized spacial score (nSPS) is 21.1. The second-order valence-corrected chi connectivity index (χ2v) is 7.47. The van der Waals surface area contributed by atoms with Crippen LogP contribution in [-0.4, -0.2) is 22.8 Å². The highest BCUT2D eigenvalue weighted by Crippen LogP contribution is 2.33. The van der Waals surface area contributed by atoms with Gasteiger partial charge in [-0.1, -0.05) is 30.7 Å². The van der Waals surface area contributed by atoms with E-state index in [2.05, 4.69) is 63.8 Å². The summed E-state index contributed by atoms with van der Waals surface area (Å²) in [6.07, 6.45) is 6.07. The quantitative estimate of drug-likeness (QED) is 0.509. The van der Waals surface area contributed by atoms with Crippen LogP contribution in [-0.2, 0) is 0 Å². The third-order valence-electron chi connectivity index (χ3n) is 4.73. The maximum Gasteiger partial charge on any atom is 0.0923 e. The van der Waals surface area contributed by atoms with Crippen molar-refractivity contribution in [2.45, 2.75) is 57.9 Å². The zero-order valence-corrected chi connectivity index (χ0v) is 15.5. The minimum atomic E-state index is 0.614. The molecular weight excluding hydrogens is 316 g/mol. The molecule has 0 atom stereocenters. The summed E-state index contributed by atoms with van der Waals surface area (Å²) in [5.41, 5.74) is 4.83. The van der Waals surface area contributed by atoms with E-state index in [1.54, 1.807) is 12.1 Å². The molecule has 1 aliphatic carbocycles. The summed E-state index contributed by atoms with van der Waals surface area (Å²) in [4.78, 5) is 0. The fraction of sp³-hybridized carbons (Fsp3) is 0.526. The van der Waals surface area contributed by atoms with Crippen molar-refractivity contribution in [1.29, 1.82) is 0 Å². The summed E-state index contributed by atoms with van der Waals surface area (Å²) in [5.74, 6) is 0.614. The molecule has 0 bridgehead atoms. The molecule has 0 amide bonds. The minimum absolute atomic E-state index is 0.614. The molecule has 0 aliphatic heterocycles. The van der Waals surface area contributed by atoms with Gasteiger partial charge in [-0.3, -0.25) is 9.82 Å². The molecule has 130 valence electrons. The molecule has 1 saturated carbocycles. The fourth-order valence-corrected chi connectivity index (χ4v) is 4.09. The van der Waals surface area contributed by atoms with E-state index in [1.165, 1.54) is 48.9 Å². The minimum Gasteiger partial charge on any atom is -0.282 e. The molecule has 1 aromatic heterocycles. The van der Waals surface area contributed by atoms with Gasteiger partial charge in [0.2, 0.25) is 0 Å². The number of hydrogen-bond acceptors (Lipinski definition) is 4. The van der Waals surface area contributed by atoms with E-state index in [4.69, 9.17) is 0 Å². The number of H-pyrrole nitrogens is 1. The van der Waals surface area contributed by atoms with E-state index >= 15 is 0 Å². The number of aryl methyl sites for hydroxylation is 1. The Balaban J connectivity index is 1.52. The number of benzene rings is 1. The molecule has 5 heteroatoms. The van der Waals surface area contributed by atoms with Gasteiger partial charge in [0.05, 0.1) is 5.69 Å². The number of aromatic amines is 1. The summed E-state index contributed by atoms with van der Waals surface area (Å²) in [6.45, 7) is 5.37. The van der Waals surface area contributed by atoms with Gasteiger partial charge in [0.1, 0.15) is 0 Å². The molecule has 24 heavy (non-hydrogen) atoms. The van der Waals surface area contributed by atoms with Crippen molar-refractivity contribution in [2.24, 2.45) is 0 Å². The molecule has 4 nitrogen and oxygen atoms in total. The van der Waals surface area contributed by atoms with Crippen LogP contribution in [0.4, 0.5) is 0 Å². The Hall–Kier alpha value is -1.30. The van der Waals surface area contributed by atoms with E-state index in [0.717, 1.165) is 12.2 Å². The van der Waals surface area contributed by atoms with E-state index < -0.39 is 0 Å². The van der Waals surface area contributed by atoms with E-state index in [-0.39, 0.29) is 0 Å². The van der Waals surface area contributed by atoms with Crippen LogP contribution >= 0.6 is 12.1 Å². The third kappa shape index (κ3) is 4.62. The van der Waals surface area contributed by atoms with Gasteiger partial charge in [-0.2, -0.15) is 5.10 Å². The van der Waals surface area contributed by atoms with Crippen molar-refractivity contribution in [2.75, 3.05) is 6.54 Å². The Kier molecular flexibility index (Phi) is 6.35. The van der Waals surface area contributed by atoms with Crippen LogP contribution in [0.2, 0.25) is 0 Å². The lowest BCUT2D eigenvalue weighted by atomic mass is 9.84. The van der Waals surface area contributed by atoms with Gasteiger partial charge in [-0.05, 0) is 51.2 Å². The van der Waals surface area contributed by atoms with Gasteiger partial charge in [0, 0.05) is 41.9 Å². The molecule has 1 aliphatic rings. The second kappa shape index (κ2) is 8.70. The van der Waals surface area contributed by atoms with Crippen LogP contribution in [0.15, 0.2) is 30.3 Å². The molecule has 1 heterocycles. The molecule has 3 rings (SSSR count). The summed E-state index contributed by atoms with van der Waals surface area (Å²) in [7, 11) is 0. The lowest BCUT2D eigenvalue weighted by Gasteiger charge is -2.28. The lowest BCUT2D eigenvalue weighted by molar-refractivity contribution is 0.376. The first-order valence-corrected chi connectivity index (χ1v) is 9.84. The number of aromatic nitrogens is 2. The Labute approximate surface area is 149 Å². The maximum absolute atomic E-state index is 4.54. The fourth-order valence-electron chi connectivity index (χ4n) is 3.30. The second-order valence-electron chi connectivity index (χ2n) is 6.74. The highest BCUT2D eigenvalue weighted by Gasteiger charge is 2.23. The molecule has 3 N–H and O–H groups in total. The highest BCUT2D eigenvalue weighted by molar-refractivity contribution is 7.95. The van der Waals surface area contributed by atoms with Crippen LogP contribution in [0.5, 0.6) is 0 Å². The number of hydrogen-bond donors (Lipinski definition) is 3. The zero-order chi connectivity index (χ0) is 16.8. The Morgan fingerprint density at radius 1 is 1.21 bits per heavy atom. The molecule has 1 aromatic carbocycles. The van der Waals surface area contributed by atoms with Gasteiger partial charge in [0.15, 0.2) is 0 Å².